The summed E-state index contributed by atoms with van der Waals surface area (Å²) in [5.41, 5.74) is 6.76. The molecule has 3 heterocycles. The zero-order chi connectivity index (χ0) is 39.5. The Morgan fingerprint density at radius 1 is 0.964 bits per heavy atom. The summed E-state index contributed by atoms with van der Waals surface area (Å²) in [6.07, 6.45) is -2.53. The number of fused-ring (bicyclic) bond motifs is 1. The van der Waals surface area contributed by atoms with Gasteiger partial charge in [-0.1, -0.05) is 24.3 Å². The van der Waals surface area contributed by atoms with E-state index in [9.17, 15) is 27.6 Å². The highest BCUT2D eigenvalue weighted by Crippen LogP contribution is 2.42. The summed E-state index contributed by atoms with van der Waals surface area (Å²) >= 11 is 0. The number of hydrogen-bond donors (Lipinski definition) is 2. The maximum Gasteiger partial charge on any atom is 0.416 e. The van der Waals surface area contributed by atoms with Crippen LogP contribution in [0.5, 0.6) is 5.75 Å². The van der Waals surface area contributed by atoms with Crippen LogP contribution in [0.25, 0.3) is 5.69 Å². The summed E-state index contributed by atoms with van der Waals surface area (Å²) in [6, 6.07) is 17.2. The molecule has 3 amide bonds. The largest absolute Gasteiger partial charge is 0.493 e. The normalized spacial score (nSPS) is 17.8. The van der Waals surface area contributed by atoms with Crippen molar-refractivity contribution in [1.82, 2.24) is 24.9 Å². The van der Waals surface area contributed by atoms with Crippen LogP contribution in [0.2, 0.25) is 0 Å². The van der Waals surface area contributed by atoms with Crippen LogP contribution in [0.15, 0.2) is 79.0 Å². The Kier molecular flexibility index (Phi) is 11.4. The Labute approximate surface area is 318 Å². The third-order valence-corrected chi connectivity index (χ3v) is 9.53. The number of hydrogen-bond acceptors (Lipinski definition) is 8. The Hall–Kier alpha value is -5.57. The van der Waals surface area contributed by atoms with Crippen molar-refractivity contribution in [3.63, 3.8) is 0 Å². The maximum atomic E-state index is 14.3. The van der Waals surface area contributed by atoms with Gasteiger partial charge in [-0.3, -0.25) is 19.4 Å². The van der Waals surface area contributed by atoms with Crippen molar-refractivity contribution < 1.29 is 37.0 Å². The number of amides is 3. The number of nitrogens with two attached hydrogens (primary N) is 1. The predicted octanol–water partition coefficient (Wildman–Crippen LogP) is 6.09. The average Bonchev–Trinajstić information content (AvgIpc) is 3.57. The highest BCUT2D eigenvalue weighted by atomic mass is 19.4. The van der Waals surface area contributed by atoms with Gasteiger partial charge in [0.1, 0.15) is 23.2 Å². The molecule has 1 aromatic heterocycles. The summed E-state index contributed by atoms with van der Waals surface area (Å²) in [6.45, 7) is 11.5. The molecular weight excluding hydrogens is 715 g/mol. The lowest BCUT2D eigenvalue weighted by molar-refractivity contribution is -0.137. The van der Waals surface area contributed by atoms with Gasteiger partial charge < -0.3 is 25.4 Å². The monoisotopic (exact) mass is 761 g/mol. The molecule has 12 nitrogen and oxygen atoms in total. The molecule has 0 aliphatic carbocycles. The van der Waals surface area contributed by atoms with E-state index in [-0.39, 0.29) is 18.2 Å². The fraction of sp³-hybridized carbons (Fsp3) is 0.400. The predicted molar refractivity (Wildman–Crippen MR) is 201 cm³/mol. The molecule has 1 fully saturated rings. The lowest BCUT2D eigenvalue weighted by Gasteiger charge is -2.38. The lowest BCUT2D eigenvalue weighted by Crippen LogP contribution is -2.55. The molecule has 3 N–H and O–H groups in total. The highest BCUT2D eigenvalue weighted by molar-refractivity contribution is 6.05. The number of ether oxygens (including phenoxy) is 2. The number of nitrogens with zero attached hydrogens (tertiary/aromatic N) is 5. The third-order valence-electron chi connectivity index (χ3n) is 9.53. The first-order valence-electron chi connectivity index (χ1n) is 18.3. The Bertz CT molecular complexity index is 2020. The first kappa shape index (κ1) is 39.1. The molecule has 1 saturated heterocycles. The number of rotatable bonds is 10. The van der Waals surface area contributed by atoms with E-state index in [1.165, 1.54) is 11.0 Å². The van der Waals surface area contributed by atoms with E-state index in [4.69, 9.17) is 20.3 Å². The number of alkyl halides is 3. The number of aromatic nitrogens is 2. The third kappa shape index (κ3) is 9.05. The van der Waals surface area contributed by atoms with Crippen molar-refractivity contribution >= 4 is 29.4 Å². The summed E-state index contributed by atoms with van der Waals surface area (Å²) in [4.78, 5) is 45.8. The second kappa shape index (κ2) is 16.0. The Morgan fingerprint density at radius 2 is 1.69 bits per heavy atom. The topological polar surface area (TPSA) is 135 Å². The zero-order valence-corrected chi connectivity index (χ0v) is 31.3. The summed E-state index contributed by atoms with van der Waals surface area (Å²) in [7, 11) is 0. The Balaban J connectivity index is 1.19. The van der Waals surface area contributed by atoms with E-state index in [0.717, 1.165) is 44.3 Å². The minimum Gasteiger partial charge on any atom is -0.493 e. The number of halogens is 3. The fourth-order valence-corrected chi connectivity index (χ4v) is 6.93. The Morgan fingerprint density at radius 3 is 2.38 bits per heavy atom. The number of carbonyl (C=O) groups is 3. The van der Waals surface area contributed by atoms with Crippen LogP contribution in [-0.2, 0) is 15.7 Å². The maximum absolute atomic E-state index is 14.3. The number of anilines is 2. The summed E-state index contributed by atoms with van der Waals surface area (Å²) in [5.74, 6) is -0.933. The van der Waals surface area contributed by atoms with Gasteiger partial charge in [0.25, 0.3) is 11.8 Å². The number of nitrogen functional groups attached to an aromatic ring is 1. The molecule has 2 atom stereocenters. The summed E-state index contributed by atoms with van der Waals surface area (Å²) in [5, 5.41) is 7.44. The van der Waals surface area contributed by atoms with Gasteiger partial charge >= 0.3 is 12.3 Å². The smallest absolute Gasteiger partial charge is 0.416 e. The molecule has 0 saturated carbocycles. The van der Waals surface area contributed by atoms with Crippen LogP contribution in [0.3, 0.4) is 0 Å². The minimum absolute atomic E-state index is 0.222. The number of likely N-dealkylation sites (N-methyl/N-ethyl adjacent to an activating group) is 1. The van der Waals surface area contributed by atoms with Crippen molar-refractivity contribution in [2.24, 2.45) is 0 Å². The van der Waals surface area contributed by atoms with Crippen molar-refractivity contribution in [1.29, 1.82) is 0 Å². The molecule has 3 aromatic carbocycles. The van der Waals surface area contributed by atoms with Crippen molar-refractivity contribution in [3.8, 4) is 11.4 Å². The van der Waals surface area contributed by atoms with Crippen LogP contribution in [0.1, 0.15) is 67.1 Å². The van der Waals surface area contributed by atoms with Crippen LogP contribution in [-0.4, -0.2) is 95.0 Å². The number of benzene rings is 3. The first-order chi connectivity index (χ1) is 26.1. The van der Waals surface area contributed by atoms with Crippen molar-refractivity contribution in [2.45, 2.75) is 57.9 Å². The average molecular weight is 762 g/mol. The van der Waals surface area contributed by atoms with Gasteiger partial charge in [0.2, 0.25) is 0 Å². The first-order valence-corrected chi connectivity index (χ1v) is 18.3. The van der Waals surface area contributed by atoms with Gasteiger partial charge in [-0.15, -0.1) is 0 Å². The molecule has 2 aliphatic rings. The molecule has 6 rings (SSSR count). The van der Waals surface area contributed by atoms with Gasteiger partial charge in [0.15, 0.2) is 0 Å². The standard InChI is InChI=1S/C40H46F3N7O5/c1-5-49-36-32(33(26-10-7-13-29(44)23-26)34(37(49)52)46-35(51)27-11-6-12-28(22-27)40(41,42)43)25-45-50(36)30-14-8-15-31(24-30)54-21-9-16-47-17-19-48(20-18-47)38(53)55-39(2,3)4/h6-8,10-15,22-25,33-34H,5,9,16-21,44H2,1-4H3,(H,46,51)/t33-,34+/m1/s1. The fourth-order valence-electron chi connectivity index (χ4n) is 6.93. The molecule has 15 heteroatoms. The highest BCUT2D eigenvalue weighted by Gasteiger charge is 2.44. The van der Waals surface area contributed by atoms with Crippen molar-refractivity contribution in [2.75, 3.05) is 56.5 Å². The minimum atomic E-state index is -4.65. The molecule has 0 radical (unpaired) electrons. The molecule has 2 aliphatic heterocycles. The van der Waals surface area contributed by atoms with Crippen LogP contribution in [0, 0.1) is 0 Å². The van der Waals surface area contributed by atoms with Gasteiger partial charge in [0, 0.05) is 68.1 Å². The van der Waals surface area contributed by atoms with E-state index < -0.39 is 41.1 Å². The second-order valence-corrected chi connectivity index (χ2v) is 14.6. The molecule has 0 bridgehead atoms. The quantitative estimate of drug-likeness (QED) is 0.147. The van der Waals surface area contributed by atoms with E-state index in [0.29, 0.717) is 53.8 Å². The van der Waals surface area contributed by atoms with Gasteiger partial charge in [-0.2, -0.15) is 18.3 Å². The molecule has 0 spiro atoms. The number of carbonyl (C=O) groups excluding carboxylic acids is 3. The SMILES string of the molecule is CCN1C(=O)[C@@H](NC(=O)c2cccc(C(F)(F)F)c2)[C@H](c2cccc(N)c2)c2cnn(-c3cccc(OCCCN4CCN(C(=O)OC(C)(C)C)CC4)c3)c21. The zero-order valence-electron chi connectivity index (χ0n) is 31.3. The van der Waals surface area contributed by atoms with E-state index >= 15 is 0 Å². The van der Waals surface area contributed by atoms with E-state index in [1.54, 1.807) is 47.0 Å². The second-order valence-electron chi connectivity index (χ2n) is 14.6. The van der Waals surface area contributed by atoms with Crippen LogP contribution >= 0.6 is 0 Å². The number of piperazine rings is 1. The van der Waals surface area contributed by atoms with Crippen molar-refractivity contribution in [3.05, 3.63) is 101 Å². The molecular formula is C40H46F3N7O5. The van der Waals surface area contributed by atoms with Crippen LogP contribution in [0.4, 0.5) is 29.5 Å². The van der Waals surface area contributed by atoms with Gasteiger partial charge in [0.05, 0.1) is 24.1 Å². The molecule has 55 heavy (non-hydrogen) atoms. The summed E-state index contributed by atoms with van der Waals surface area (Å²) < 4.78 is 53.7. The van der Waals surface area contributed by atoms with Gasteiger partial charge in [-0.25, -0.2) is 9.48 Å². The molecule has 292 valence electrons. The molecule has 4 aromatic rings. The van der Waals surface area contributed by atoms with E-state index in [1.807, 2.05) is 45.0 Å². The number of nitrogens with one attached hydrogen (secondary N) is 1. The lowest BCUT2D eigenvalue weighted by atomic mass is 9.82. The van der Waals surface area contributed by atoms with Gasteiger partial charge in [-0.05, 0) is 82.1 Å². The van der Waals surface area contributed by atoms with E-state index in [2.05, 4.69) is 10.2 Å². The van der Waals surface area contributed by atoms with Crippen LogP contribution < -0.4 is 20.7 Å². The molecule has 0 unspecified atom stereocenters.